The second-order valence-electron chi connectivity index (χ2n) is 5.72. The largest absolute Gasteiger partial charge is 0.444 e. The molecule has 0 radical (unpaired) electrons. The minimum Gasteiger partial charge on any atom is -0.444 e. The standard InChI is InChI=1S/C17H23N3O/c1-3-20(16-8-9-18-10-16)11-15-12-21-17(19-15)14-6-4-13(2)5-7-14/h4-7,12,16,18H,3,8-11H2,1-2H3. The number of likely N-dealkylation sites (N-methyl/N-ethyl adjacent to an activating group) is 1. The minimum atomic E-state index is 0.620. The Balaban J connectivity index is 1.70. The lowest BCUT2D eigenvalue weighted by atomic mass is 10.1. The van der Waals surface area contributed by atoms with Gasteiger partial charge in [-0.1, -0.05) is 24.6 Å². The number of hydrogen-bond acceptors (Lipinski definition) is 4. The van der Waals surface area contributed by atoms with E-state index in [1.54, 1.807) is 6.26 Å². The lowest BCUT2D eigenvalue weighted by Crippen LogP contribution is -2.36. The summed E-state index contributed by atoms with van der Waals surface area (Å²) in [5.41, 5.74) is 3.30. The molecule has 0 amide bonds. The molecular weight excluding hydrogens is 262 g/mol. The molecule has 0 spiro atoms. The van der Waals surface area contributed by atoms with Crippen molar-refractivity contribution in [3.8, 4) is 11.5 Å². The SMILES string of the molecule is CCN(Cc1coc(-c2ccc(C)cc2)n1)C1CCNC1. The van der Waals surface area contributed by atoms with E-state index < -0.39 is 0 Å². The molecule has 1 N–H and O–H groups in total. The zero-order valence-electron chi connectivity index (χ0n) is 12.8. The molecule has 1 aromatic heterocycles. The lowest BCUT2D eigenvalue weighted by Gasteiger charge is -2.25. The number of aryl methyl sites for hydroxylation is 1. The monoisotopic (exact) mass is 285 g/mol. The van der Waals surface area contributed by atoms with E-state index in [0.717, 1.165) is 37.4 Å². The first-order chi connectivity index (χ1) is 10.3. The van der Waals surface area contributed by atoms with Gasteiger partial charge in [0.2, 0.25) is 5.89 Å². The van der Waals surface area contributed by atoms with Crippen LogP contribution in [0.15, 0.2) is 34.9 Å². The average molecular weight is 285 g/mol. The number of aromatic nitrogens is 1. The van der Waals surface area contributed by atoms with Crippen LogP contribution in [0, 0.1) is 6.92 Å². The van der Waals surface area contributed by atoms with E-state index in [1.165, 1.54) is 12.0 Å². The first-order valence-electron chi connectivity index (χ1n) is 7.72. The van der Waals surface area contributed by atoms with Crippen LogP contribution in [-0.4, -0.2) is 35.6 Å². The van der Waals surface area contributed by atoms with E-state index in [4.69, 9.17) is 4.42 Å². The molecule has 3 rings (SSSR count). The Labute approximate surface area is 126 Å². The maximum absolute atomic E-state index is 5.65. The van der Waals surface area contributed by atoms with Gasteiger partial charge in [-0.25, -0.2) is 4.98 Å². The average Bonchev–Trinajstić information content (AvgIpc) is 3.17. The molecule has 0 saturated carbocycles. The summed E-state index contributed by atoms with van der Waals surface area (Å²) in [6.07, 6.45) is 3.01. The molecule has 0 bridgehead atoms. The third-order valence-corrected chi connectivity index (χ3v) is 4.17. The van der Waals surface area contributed by atoms with Crippen LogP contribution in [0.5, 0.6) is 0 Å². The zero-order chi connectivity index (χ0) is 14.7. The predicted octanol–water partition coefficient (Wildman–Crippen LogP) is 2.83. The summed E-state index contributed by atoms with van der Waals surface area (Å²) >= 11 is 0. The third kappa shape index (κ3) is 3.34. The molecule has 1 unspecified atom stereocenters. The first kappa shape index (κ1) is 14.3. The van der Waals surface area contributed by atoms with Gasteiger partial charge in [-0.3, -0.25) is 4.90 Å². The summed E-state index contributed by atoms with van der Waals surface area (Å²) in [5, 5.41) is 3.42. The van der Waals surface area contributed by atoms with E-state index in [0.29, 0.717) is 11.9 Å². The van der Waals surface area contributed by atoms with Crippen molar-refractivity contribution in [2.24, 2.45) is 0 Å². The predicted molar refractivity (Wildman–Crippen MR) is 84.0 cm³/mol. The highest BCUT2D eigenvalue weighted by atomic mass is 16.3. The Kier molecular flexibility index (Phi) is 4.36. The highest BCUT2D eigenvalue weighted by Crippen LogP contribution is 2.20. The van der Waals surface area contributed by atoms with Gasteiger partial charge >= 0.3 is 0 Å². The Morgan fingerprint density at radius 2 is 2.14 bits per heavy atom. The molecule has 1 aromatic carbocycles. The highest BCUT2D eigenvalue weighted by molar-refractivity contribution is 5.53. The maximum Gasteiger partial charge on any atom is 0.226 e. The van der Waals surface area contributed by atoms with Crippen molar-refractivity contribution in [2.45, 2.75) is 32.9 Å². The fourth-order valence-electron chi connectivity index (χ4n) is 2.87. The quantitative estimate of drug-likeness (QED) is 0.917. The van der Waals surface area contributed by atoms with E-state index in [9.17, 15) is 0 Å². The smallest absolute Gasteiger partial charge is 0.226 e. The summed E-state index contributed by atoms with van der Waals surface area (Å²) < 4.78 is 5.65. The molecule has 1 aliphatic heterocycles. The minimum absolute atomic E-state index is 0.620. The fourth-order valence-corrected chi connectivity index (χ4v) is 2.87. The third-order valence-electron chi connectivity index (χ3n) is 4.17. The molecule has 1 aliphatic rings. The first-order valence-corrected chi connectivity index (χ1v) is 7.72. The number of nitrogens with one attached hydrogen (secondary N) is 1. The lowest BCUT2D eigenvalue weighted by molar-refractivity contribution is 0.208. The number of rotatable bonds is 5. The normalized spacial score (nSPS) is 18.5. The summed E-state index contributed by atoms with van der Waals surface area (Å²) in [6, 6.07) is 8.91. The molecule has 1 atom stereocenters. The molecule has 4 heteroatoms. The molecule has 1 fully saturated rings. The molecule has 21 heavy (non-hydrogen) atoms. The van der Waals surface area contributed by atoms with Gasteiger partial charge in [0.15, 0.2) is 0 Å². The van der Waals surface area contributed by atoms with Crippen molar-refractivity contribution < 1.29 is 4.42 Å². The van der Waals surface area contributed by atoms with Crippen LogP contribution in [-0.2, 0) is 6.54 Å². The van der Waals surface area contributed by atoms with Crippen molar-refractivity contribution in [3.63, 3.8) is 0 Å². The van der Waals surface area contributed by atoms with Gasteiger partial charge in [0.1, 0.15) is 6.26 Å². The van der Waals surface area contributed by atoms with Crippen LogP contribution in [0.25, 0.3) is 11.5 Å². The number of oxazole rings is 1. The molecule has 2 aromatic rings. The topological polar surface area (TPSA) is 41.3 Å². The van der Waals surface area contributed by atoms with Gasteiger partial charge in [-0.05, 0) is 38.6 Å². The molecule has 4 nitrogen and oxygen atoms in total. The second kappa shape index (κ2) is 6.41. The zero-order valence-corrected chi connectivity index (χ0v) is 12.8. The van der Waals surface area contributed by atoms with Crippen LogP contribution in [0.1, 0.15) is 24.6 Å². The molecular formula is C17H23N3O. The number of hydrogen-bond donors (Lipinski definition) is 1. The summed E-state index contributed by atoms with van der Waals surface area (Å²) in [4.78, 5) is 7.11. The van der Waals surface area contributed by atoms with Crippen LogP contribution < -0.4 is 5.32 Å². The van der Waals surface area contributed by atoms with Gasteiger partial charge in [0.05, 0.1) is 5.69 Å². The number of benzene rings is 1. The molecule has 0 aliphatic carbocycles. The number of nitrogens with zero attached hydrogens (tertiary/aromatic N) is 2. The Bertz CT molecular complexity index is 570. The van der Waals surface area contributed by atoms with Crippen molar-refractivity contribution in [1.29, 1.82) is 0 Å². The fraction of sp³-hybridized carbons (Fsp3) is 0.471. The molecule has 2 heterocycles. The van der Waals surface area contributed by atoms with Crippen molar-refractivity contribution in [1.82, 2.24) is 15.2 Å². The van der Waals surface area contributed by atoms with Crippen LogP contribution in [0.2, 0.25) is 0 Å². The summed E-state index contributed by atoms with van der Waals surface area (Å²) in [5.74, 6) is 0.714. The van der Waals surface area contributed by atoms with Gasteiger partial charge in [-0.15, -0.1) is 0 Å². The van der Waals surface area contributed by atoms with Crippen molar-refractivity contribution >= 4 is 0 Å². The van der Waals surface area contributed by atoms with E-state index in [2.05, 4.69) is 53.3 Å². The molecule has 112 valence electrons. The Hall–Kier alpha value is -1.65. The van der Waals surface area contributed by atoms with E-state index in [1.807, 2.05) is 0 Å². The van der Waals surface area contributed by atoms with E-state index in [-0.39, 0.29) is 0 Å². The molecule has 1 saturated heterocycles. The van der Waals surface area contributed by atoms with Gasteiger partial charge in [0.25, 0.3) is 0 Å². The van der Waals surface area contributed by atoms with Gasteiger partial charge in [-0.2, -0.15) is 0 Å². The van der Waals surface area contributed by atoms with Gasteiger partial charge < -0.3 is 9.73 Å². The van der Waals surface area contributed by atoms with Gasteiger partial charge in [0, 0.05) is 24.7 Å². The second-order valence-corrected chi connectivity index (χ2v) is 5.72. The van der Waals surface area contributed by atoms with E-state index >= 15 is 0 Å². The van der Waals surface area contributed by atoms with Crippen molar-refractivity contribution in [3.05, 3.63) is 41.8 Å². The van der Waals surface area contributed by atoms with Crippen LogP contribution >= 0.6 is 0 Å². The summed E-state index contributed by atoms with van der Waals surface area (Å²) in [7, 11) is 0. The highest BCUT2D eigenvalue weighted by Gasteiger charge is 2.22. The summed E-state index contributed by atoms with van der Waals surface area (Å²) in [6.45, 7) is 8.39. The maximum atomic E-state index is 5.65. The van der Waals surface area contributed by atoms with Crippen LogP contribution in [0.4, 0.5) is 0 Å². The Morgan fingerprint density at radius 1 is 1.33 bits per heavy atom. The van der Waals surface area contributed by atoms with Crippen molar-refractivity contribution in [2.75, 3.05) is 19.6 Å². The Morgan fingerprint density at radius 3 is 2.81 bits per heavy atom. The van der Waals surface area contributed by atoms with Crippen LogP contribution in [0.3, 0.4) is 0 Å².